The highest BCUT2D eigenvalue weighted by Gasteiger charge is 2.28. The summed E-state index contributed by atoms with van der Waals surface area (Å²) in [7, 11) is 1.67. The molecule has 0 aromatic heterocycles. The van der Waals surface area contributed by atoms with Crippen LogP contribution in [0.2, 0.25) is 0 Å². The van der Waals surface area contributed by atoms with Crippen molar-refractivity contribution in [1.29, 1.82) is 0 Å². The normalized spacial score (nSPS) is 17.5. The maximum absolute atomic E-state index is 12.9. The number of fused-ring (bicyclic) bond motifs is 1. The summed E-state index contributed by atoms with van der Waals surface area (Å²) in [4.78, 5) is 14.9. The number of piperidine rings is 1. The lowest BCUT2D eigenvalue weighted by atomic mass is 9.89. The van der Waals surface area contributed by atoms with Crippen molar-refractivity contribution in [3.05, 3.63) is 42.0 Å². The third-order valence-corrected chi connectivity index (χ3v) is 5.54. The van der Waals surface area contributed by atoms with Gasteiger partial charge in [0.05, 0.1) is 13.0 Å². The fraction of sp³-hybridized carbons (Fsp3) is 0.476. The number of carbonyl (C=O) groups is 1. The molecule has 1 fully saturated rings. The minimum atomic E-state index is -0.127. The number of nitrogens with two attached hydrogens (primary N) is 1. The van der Waals surface area contributed by atoms with Crippen LogP contribution in [0.1, 0.15) is 38.2 Å². The number of amides is 1. The van der Waals surface area contributed by atoms with Gasteiger partial charge < -0.3 is 15.4 Å². The first-order chi connectivity index (χ1) is 12.0. The van der Waals surface area contributed by atoms with Crippen molar-refractivity contribution in [2.75, 3.05) is 20.2 Å². The van der Waals surface area contributed by atoms with Crippen LogP contribution < -0.4 is 10.5 Å². The van der Waals surface area contributed by atoms with Gasteiger partial charge in [0.2, 0.25) is 5.91 Å². The van der Waals surface area contributed by atoms with E-state index in [4.69, 9.17) is 10.5 Å². The third-order valence-electron chi connectivity index (χ3n) is 5.54. The Hall–Kier alpha value is -1.78. The summed E-state index contributed by atoms with van der Waals surface area (Å²) in [5.41, 5.74) is 7.07. The first kappa shape index (κ1) is 20.5. The highest BCUT2D eigenvalue weighted by molar-refractivity contribution is 5.88. The molecular weight excluding hydrogens is 348 g/mol. The largest absolute Gasteiger partial charge is 0.497 e. The Morgan fingerprint density at radius 2 is 1.73 bits per heavy atom. The second-order valence-corrected chi connectivity index (χ2v) is 7.22. The molecule has 0 spiro atoms. The van der Waals surface area contributed by atoms with Crippen molar-refractivity contribution < 1.29 is 9.53 Å². The van der Waals surface area contributed by atoms with Crippen LogP contribution in [0.5, 0.6) is 5.75 Å². The fourth-order valence-corrected chi connectivity index (χ4v) is 3.70. The van der Waals surface area contributed by atoms with Crippen LogP contribution in [0.3, 0.4) is 0 Å². The van der Waals surface area contributed by atoms with Crippen LogP contribution in [0.15, 0.2) is 36.4 Å². The maximum atomic E-state index is 12.9. The summed E-state index contributed by atoms with van der Waals surface area (Å²) in [6.07, 6.45) is 2.02. The Morgan fingerprint density at radius 1 is 1.12 bits per heavy atom. The lowest BCUT2D eigenvalue weighted by Crippen LogP contribution is -2.43. The summed E-state index contributed by atoms with van der Waals surface area (Å²) < 4.78 is 5.27. The van der Waals surface area contributed by atoms with Crippen LogP contribution in [0.4, 0.5) is 0 Å². The third kappa shape index (κ3) is 4.30. The molecule has 2 aromatic carbocycles. The molecule has 1 heterocycles. The predicted octanol–water partition coefficient (Wildman–Crippen LogP) is 3.96. The van der Waals surface area contributed by atoms with E-state index in [1.54, 1.807) is 7.11 Å². The maximum Gasteiger partial charge on any atom is 0.229 e. The van der Waals surface area contributed by atoms with Gasteiger partial charge in [-0.25, -0.2) is 0 Å². The summed E-state index contributed by atoms with van der Waals surface area (Å²) >= 11 is 0. The van der Waals surface area contributed by atoms with Gasteiger partial charge in [-0.05, 0) is 61.1 Å². The van der Waals surface area contributed by atoms with E-state index >= 15 is 0 Å². The van der Waals surface area contributed by atoms with Gasteiger partial charge >= 0.3 is 0 Å². The Kier molecular flexibility index (Phi) is 6.90. The molecule has 2 atom stereocenters. The van der Waals surface area contributed by atoms with Gasteiger partial charge in [0.15, 0.2) is 0 Å². The molecule has 2 aromatic rings. The van der Waals surface area contributed by atoms with E-state index in [1.807, 2.05) is 30.0 Å². The molecule has 0 bridgehead atoms. The van der Waals surface area contributed by atoms with Crippen LogP contribution in [0, 0.1) is 5.92 Å². The molecule has 0 saturated carbocycles. The van der Waals surface area contributed by atoms with E-state index in [0.717, 1.165) is 48.0 Å². The number of benzene rings is 2. The lowest BCUT2D eigenvalue weighted by molar-refractivity contribution is -0.133. The molecule has 26 heavy (non-hydrogen) atoms. The zero-order valence-electron chi connectivity index (χ0n) is 15.8. The van der Waals surface area contributed by atoms with Crippen LogP contribution in [-0.4, -0.2) is 37.0 Å². The number of hydrogen-bond donors (Lipinski definition) is 1. The number of likely N-dealkylation sites (tertiary alicyclic amines) is 1. The van der Waals surface area contributed by atoms with Gasteiger partial charge in [-0.1, -0.05) is 24.3 Å². The summed E-state index contributed by atoms with van der Waals surface area (Å²) in [6.45, 7) is 5.71. The molecule has 2 N–H and O–H groups in total. The van der Waals surface area contributed by atoms with Crippen molar-refractivity contribution >= 4 is 29.1 Å². The molecule has 1 amide bonds. The zero-order valence-corrected chi connectivity index (χ0v) is 16.6. The molecule has 4 nitrogen and oxygen atoms in total. The highest BCUT2D eigenvalue weighted by atomic mass is 35.5. The molecule has 3 rings (SSSR count). The van der Waals surface area contributed by atoms with Crippen LogP contribution >= 0.6 is 12.4 Å². The van der Waals surface area contributed by atoms with E-state index in [0.29, 0.717) is 5.92 Å². The summed E-state index contributed by atoms with van der Waals surface area (Å²) in [6, 6.07) is 12.5. The van der Waals surface area contributed by atoms with Crippen molar-refractivity contribution in [3.63, 3.8) is 0 Å². The number of hydrogen-bond acceptors (Lipinski definition) is 3. The van der Waals surface area contributed by atoms with Crippen molar-refractivity contribution in [2.45, 2.75) is 38.6 Å². The Morgan fingerprint density at radius 3 is 2.35 bits per heavy atom. The second-order valence-electron chi connectivity index (χ2n) is 7.22. The molecule has 142 valence electrons. The van der Waals surface area contributed by atoms with Crippen molar-refractivity contribution in [1.82, 2.24) is 4.90 Å². The van der Waals surface area contributed by atoms with E-state index < -0.39 is 0 Å². The van der Waals surface area contributed by atoms with Gasteiger partial charge in [-0.2, -0.15) is 0 Å². The summed E-state index contributed by atoms with van der Waals surface area (Å²) in [5.74, 6) is 1.48. The number of halogens is 1. The minimum absolute atomic E-state index is 0. The SMILES string of the molecule is COc1ccc2cc(C(C)C(=O)N3CCC(C(C)N)CC3)ccc2c1.Cl. The molecule has 1 aliphatic rings. The number of methoxy groups -OCH3 is 1. The van der Waals surface area contributed by atoms with Gasteiger partial charge in [-0.3, -0.25) is 4.79 Å². The van der Waals surface area contributed by atoms with E-state index in [2.05, 4.69) is 25.1 Å². The van der Waals surface area contributed by atoms with Crippen LogP contribution in [-0.2, 0) is 4.79 Å². The Bertz CT molecular complexity index is 755. The Balaban J connectivity index is 0.00000243. The average molecular weight is 377 g/mol. The Labute approximate surface area is 162 Å². The average Bonchev–Trinajstić information content (AvgIpc) is 2.66. The molecule has 2 unspecified atom stereocenters. The molecule has 5 heteroatoms. The number of ether oxygens (including phenoxy) is 1. The number of rotatable bonds is 4. The van der Waals surface area contributed by atoms with Crippen LogP contribution in [0.25, 0.3) is 10.8 Å². The molecular formula is C21H29ClN2O2. The standard InChI is InChI=1S/C21H28N2O2.ClH/c1-14(21(24)23-10-8-16(9-11-23)15(2)22)17-4-5-19-13-20(25-3)7-6-18(19)12-17;/h4-7,12-16H,8-11,22H2,1-3H3;1H. The number of carbonyl (C=O) groups excluding carboxylic acids is 1. The van der Waals surface area contributed by atoms with Crippen molar-refractivity contribution in [2.24, 2.45) is 11.7 Å². The monoisotopic (exact) mass is 376 g/mol. The lowest BCUT2D eigenvalue weighted by Gasteiger charge is -2.35. The first-order valence-corrected chi connectivity index (χ1v) is 9.11. The smallest absolute Gasteiger partial charge is 0.229 e. The highest BCUT2D eigenvalue weighted by Crippen LogP contribution is 2.28. The topological polar surface area (TPSA) is 55.6 Å². The van der Waals surface area contributed by atoms with Crippen molar-refractivity contribution in [3.8, 4) is 5.75 Å². The zero-order chi connectivity index (χ0) is 18.0. The second kappa shape index (κ2) is 8.74. The van der Waals surface area contributed by atoms with Gasteiger partial charge in [0, 0.05) is 19.1 Å². The van der Waals surface area contributed by atoms with E-state index in [1.165, 1.54) is 0 Å². The molecule has 0 aliphatic carbocycles. The summed E-state index contributed by atoms with van der Waals surface area (Å²) in [5, 5.41) is 2.26. The number of nitrogens with zero attached hydrogens (tertiary/aromatic N) is 1. The van der Waals surface area contributed by atoms with Gasteiger partial charge in [0.25, 0.3) is 0 Å². The van der Waals surface area contributed by atoms with Gasteiger partial charge in [0.1, 0.15) is 5.75 Å². The van der Waals surface area contributed by atoms with E-state index in [-0.39, 0.29) is 30.3 Å². The first-order valence-electron chi connectivity index (χ1n) is 9.11. The molecule has 1 aliphatic heterocycles. The fourth-order valence-electron chi connectivity index (χ4n) is 3.70. The molecule has 1 saturated heterocycles. The predicted molar refractivity (Wildman–Crippen MR) is 109 cm³/mol. The van der Waals surface area contributed by atoms with E-state index in [9.17, 15) is 4.79 Å². The minimum Gasteiger partial charge on any atom is -0.497 e. The van der Waals surface area contributed by atoms with Gasteiger partial charge in [-0.15, -0.1) is 12.4 Å². The quantitative estimate of drug-likeness (QED) is 0.878. The molecule has 0 radical (unpaired) electrons.